The van der Waals surface area contributed by atoms with Crippen LogP contribution in [0.1, 0.15) is 64.8 Å². The third kappa shape index (κ3) is 5.88. The molecule has 1 amide bonds. The van der Waals surface area contributed by atoms with Gasteiger partial charge in [-0.2, -0.15) is 0 Å². The van der Waals surface area contributed by atoms with Gasteiger partial charge in [0, 0.05) is 42.4 Å². The number of aromatic nitrogens is 2. The number of fused-ring (bicyclic) bond motifs is 1. The molecule has 0 spiro atoms. The number of carbonyl (C=O) groups is 1. The van der Waals surface area contributed by atoms with E-state index in [1.54, 1.807) is 18.3 Å². The van der Waals surface area contributed by atoms with Crippen LogP contribution in [0.25, 0.3) is 5.57 Å². The van der Waals surface area contributed by atoms with Crippen molar-refractivity contribution in [2.45, 2.75) is 45.0 Å². The summed E-state index contributed by atoms with van der Waals surface area (Å²) in [5, 5.41) is 3.64. The van der Waals surface area contributed by atoms with Crippen LogP contribution in [0.3, 0.4) is 0 Å². The first-order valence-corrected chi connectivity index (χ1v) is 11.4. The fraction of sp³-hybridized carbons (Fsp3) is 0.308. The summed E-state index contributed by atoms with van der Waals surface area (Å²) < 4.78 is 26.7. The number of nitrogens with zero attached hydrogens (tertiary/aromatic N) is 1. The van der Waals surface area contributed by atoms with Crippen LogP contribution in [0, 0.1) is 0 Å². The van der Waals surface area contributed by atoms with Gasteiger partial charge in [0.15, 0.2) is 5.82 Å². The number of aromatic amines is 1. The lowest BCUT2D eigenvalue weighted by Crippen LogP contribution is -2.25. The van der Waals surface area contributed by atoms with Gasteiger partial charge in [0.1, 0.15) is 0 Å². The molecule has 0 fully saturated rings. The first-order chi connectivity index (χ1) is 15.8. The van der Waals surface area contributed by atoms with Gasteiger partial charge in [0.05, 0.1) is 0 Å². The Kier molecular flexibility index (Phi) is 6.94. The number of hydrogen-bond donors (Lipinski definition) is 2. The van der Waals surface area contributed by atoms with Crippen molar-refractivity contribution in [3.63, 3.8) is 0 Å². The Morgan fingerprint density at radius 1 is 1.21 bits per heavy atom. The second kappa shape index (κ2) is 9.87. The summed E-state index contributed by atoms with van der Waals surface area (Å²) in [7, 11) is 0. The first-order valence-electron chi connectivity index (χ1n) is 11.1. The Labute approximate surface area is 197 Å². The number of amides is 1. The summed E-state index contributed by atoms with van der Waals surface area (Å²) in [5.74, 6) is -2.90. The third-order valence-electron chi connectivity index (χ3n) is 5.84. The Bertz CT molecular complexity index is 1160. The van der Waals surface area contributed by atoms with Crippen LogP contribution >= 0.6 is 11.6 Å². The molecule has 1 aliphatic carbocycles. The molecule has 2 aromatic carbocycles. The second-order valence-corrected chi connectivity index (χ2v) is 8.88. The molecule has 7 heteroatoms. The monoisotopic (exact) mass is 469 g/mol. The Morgan fingerprint density at radius 3 is 2.76 bits per heavy atom. The van der Waals surface area contributed by atoms with E-state index in [1.807, 2.05) is 12.1 Å². The number of alkyl halides is 2. The summed E-state index contributed by atoms with van der Waals surface area (Å²) in [6.07, 6.45) is 8.15. The van der Waals surface area contributed by atoms with Crippen molar-refractivity contribution in [3.8, 4) is 0 Å². The predicted molar refractivity (Wildman–Crippen MR) is 127 cm³/mol. The van der Waals surface area contributed by atoms with Crippen molar-refractivity contribution in [3.05, 3.63) is 93.5 Å². The molecule has 172 valence electrons. The number of allylic oxidation sites excluding steroid dienone is 1. The number of imidazole rings is 1. The van der Waals surface area contributed by atoms with Crippen molar-refractivity contribution in [2.24, 2.45) is 0 Å². The Balaban J connectivity index is 1.33. The van der Waals surface area contributed by atoms with Crippen LogP contribution in [-0.4, -0.2) is 22.4 Å². The van der Waals surface area contributed by atoms with Crippen molar-refractivity contribution < 1.29 is 13.6 Å². The van der Waals surface area contributed by atoms with Crippen LogP contribution in [0.5, 0.6) is 0 Å². The molecule has 2 N–H and O–H groups in total. The maximum Gasteiger partial charge on any atom is 0.287 e. The van der Waals surface area contributed by atoms with Gasteiger partial charge >= 0.3 is 0 Å². The lowest BCUT2D eigenvalue weighted by atomic mass is 9.97. The third-order valence-corrected chi connectivity index (χ3v) is 6.07. The van der Waals surface area contributed by atoms with Gasteiger partial charge in [0.25, 0.3) is 11.8 Å². The van der Waals surface area contributed by atoms with Crippen molar-refractivity contribution >= 4 is 23.1 Å². The summed E-state index contributed by atoms with van der Waals surface area (Å²) >= 11 is 6.21. The topological polar surface area (TPSA) is 57.8 Å². The average molecular weight is 470 g/mol. The minimum absolute atomic E-state index is 0.0235. The molecule has 0 unspecified atom stereocenters. The van der Waals surface area contributed by atoms with Crippen LogP contribution in [-0.2, 0) is 18.8 Å². The van der Waals surface area contributed by atoms with E-state index in [2.05, 4.69) is 27.4 Å². The Hall–Kier alpha value is -2.99. The van der Waals surface area contributed by atoms with E-state index >= 15 is 0 Å². The van der Waals surface area contributed by atoms with Gasteiger partial charge in [0.2, 0.25) is 0 Å². The molecule has 4 rings (SSSR count). The van der Waals surface area contributed by atoms with Gasteiger partial charge in [-0.3, -0.25) is 4.79 Å². The number of H-pyrrole nitrogens is 1. The van der Waals surface area contributed by atoms with Crippen LogP contribution in [0.4, 0.5) is 8.78 Å². The highest BCUT2D eigenvalue weighted by Gasteiger charge is 2.23. The first kappa shape index (κ1) is 23.2. The minimum atomic E-state index is -2.86. The molecule has 1 aliphatic rings. The molecule has 0 saturated heterocycles. The molecular weight excluding hydrogens is 444 g/mol. The van der Waals surface area contributed by atoms with Gasteiger partial charge in [-0.25, -0.2) is 13.8 Å². The Morgan fingerprint density at radius 2 is 2.00 bits per heavy atom. The maximum atomic E-state index is 13.4. The van der Waals surface area contributed by atoms with Crippen LogP contribution in [0.15, 0.2) is 54.7 Å². The van der Waals surface area contributed by atoms with E-state index in [-0.39, 0.29) is 17.3 Å². The molecule has 0 saturated carbocycles. The lowest BCUT2D eigenvalue weighted by molar-refractivity contribution is 0.0174. The number of halogens is 3. The highest BCUT2D eigenvalue weighted by Crippen LogP contribution is 2.30. The molecule has 0 bridgehead atoms. The largest absolute Gasteiger partial charge is 0.349 e. The highest BCUT2D eigenvalue weighted by atomic mass is 35.5. The van der Waals surface area contributed by atoms with Crippen LogP contribution in [0.2, 0.25) is 5.02 Å². The van der Waals surface area contributed by atoms with Crippen LogP contribution < -0.4 is 5.32 Å². The molecule has 4 nitrogen and oxygen atoms in total. The molecule has 33 heavy (non-hydrogen) atoms. The predicted octanol–water partition coefficient (Wildman–Crippen LogP) is 6.31. The molecule has 0 radical (unpaired) electrons. The van der Waals surface area contributed by atoms with Crippen molar-refractivity contribution in [1.29, 1.82) is 0 Å². The van der Waals surface area contributed by atoms with E-state index < -0.39 is 5.92 Å². The van der Waals surface area contributed by atoms with E-state index in [1.165, 1.54) is 28.8 Å². The summed E-state index contributed by atoms with van der Waals surface area (Å²) in [5.41, 5.74) is 5.24. The standard InChI is InChI=1S/C26H26ClF2N3O/c1-26(28,29)20-9-6-17(7-10-20)14-22-16-31-24(32-22)25(33)30-13-12-19-5-3-2-4-18-8-11-21(27)15-23(18)19/h5-11,15-16H,2-4,12-14H2,1H3,(H,30,33)(H,31,32). The molecular formula is C26H26ClF2N3O. The van der Waals surface area contributed by atoms with E-state index in [9.17, 15) is 13.6 Å². The SMILES string of the molecule is CC(F)(F)c1ccc(Cc2cnc(C(=O)NCCC3=CCCCc4ccc(Cl)cc43)[nH]2)cc1. The summed E-state index contributed by atoms with van der Waals surface area (Å²) in [6.45, 7) is 1.36. The summed E-state index contributed by atoms with van der Waals surface area (Å²) in [6, 6.07) is 12.2. The molecule has 0 atom stereocenters. The quantitative estimate of drug-likeness (QED) is 0.426. The number of aryl methyl sites for hydroxylation is 1. The summed E-state index contributed by atoms with van der Waals surface area (Å²) in [4.78, 5) is 19.7. The molecule has 0 aliphatic heterocycles. The number of benzene rings is 2. The zero-order chi connectivity index (χ0) is 23.4. The van der Waals surface area contributed by atoms with Crippen molar-refractivity contribution in [2.75, 3.05) is 6.54 Å². The van der Waals surface area contributed by atoms with E-state index in [0.29, 0.717) is 24.4 Å². The average Bonchev–Trinajstić information content (AvgIpc) is 3.15. The second-order valence-electron chi connectivity index (χ2n) is 8.45. The van der Waals surface area contributed by atoms with E-state index in [4.69, 9.17) is 11.6 Å². The fourth-order valence-electron chi connectivity index (χ4n) is 4.08. The number of hydrogen-bond acceptors (Lipinski definition) is 2. The van der Waals surface area contributed by atoms with Crippen molar-refractivity contribution in [1.82, 2.24) is 15.3 Å². The zero-order valence-electron chi connectivity index (χ0n) is 18.4. The van der Waals surface area contributed by atoms with Gasteiger partial charge in [-0.15, -0.1) is 0 Å². The molecule has 1 heterocycles. The molecule has 1 aromatic heterocycles. The fourth-order valence-corrected chi connectivity index (χ4v) is 4.25. The minimum Gasteiger partial charge on any atom is -0.349 e. The highest BCUT2D eigenvalue weighted by molar-refractivity contribution is 6.30. The van der Waals surface area contributed by atoms with Gasteiger partial charge in [-0.1, -0.05) is 48.0 Å². The lowest BCUT2D eigenvalue weighted by Gasteiger charge is -2.12. The number of rotatable bonds is 7. The number of carbonyl (C=O) groups excluding carboxylic acids is 1. The van der Waals surface area contributed by atoms with Gasteiger partial charge < -0.3 is 10.3 Å². The maximum absolute atomic E-state index is 13.4. The smallest absolute Gasteiger partial charge is 0.287 e. The number of nitrogens with one attached hydrogen (secondary N) is 2. The molecule has 3 aromatic rings. The van der Waals surface area contributed by atoms with Gasteiger partial charge in [-0.05, 0) is 60.1 Å². The zero-order valence-corrected chi connectivity index (χ0v) is 19.2. The van der Waals surface area contributed by atoms with E-state index in [0.717, 1.165) is 37.4 Å². The normalized spacial score (nSPS) is 13.8.